The van der Waals surface area contributed by atoms with Gasteiger partial charge in [-0.25, -0.2) is 9.59 Å². The lowest BCUT2D eigenvalue weighted by Crippen LogP contribution is -2.39. The van der Waals surface area contributed by atoms with Gasteiger partial charge in [0.2, 0.25) is 0 Å². The topological polar surface area (TPSA) is 112 Å². The number of benzene rings is 1. The lowest BCUT2D eigenvalue weighted by Gasteiger charge is -2.26. The monoisotopic (exact) mass is 390 g/mol. The number of rotatable bonds is 6. The predicted molar refractivity (Wildman–Crippen MR) is 106 cm³/mol. The van der Waals surface area contributed by atoms with Crippen molar-refractivity contribution >= 4 is 28.7 Å². The molecule has 152 valence electrons. The Bertz CT molecular complexity index is 913. The zero-order chi connectivity index (χ0) is 20.9. The summed E-state index contributed by atoms with van der Waals surface area (Å²) in [5.74, 6) is -0.211. The fraction of sp³-hybridized carbons (Fsp3) is 0.450. The number of nitrogens with two attached hydrogens (primary N) is 1. The standard InChI is InChI=1S/C20H26N2O6/c1-13(23)26-15-8-7-14-11-16(18(24)27-17(14)12-15)22(10-6-5-9-21)19(25)28-20(2,3)4/h7-8,11-12H,5-6,9-10,21H2,1-4H3. The second kappa shape index (κ2) is 8.88. The van der Waals surface area contributed by atoms with Crippen molar-refractivity contribution in [2.24, 2.45) is 5.73 Å². The summed E-state index contributed by atoms with van der Waals surface area (Å²) in [4.78, 5) is 37.6. The lowest BCUT2D eigenvalue weighted by atomic mass is 10.2. The number of carbonyl (C=O) groups is 2. The minimum Gasteiger partial charge on any atom is -0.443 e. The first-order valence-corrected chi connectivity index (χ1v) is 9.07. The van der Waals surface area contributed by atoms with Crippen molar-refractivity contribution in [3.05, 3.63) is 34.7 Å². The fourth-order valence-corrected chi connectivity index (χ4v) is 2.54. The Morgan fingerprint density at radius 2 is 1.89 bits per heavy atom. The normalized spacial score (nSPS) is 11.3. The number of fused-ring (bicyclic) bond motifs is 1. The van der Waals surface area contributed by atoms with Crippen molar-refractivity contribution in [1.82, 2.24) is 0 Å². The highest BCUT2D eigenvalue weighted by Gasteiger charge is 2.26. The molecule has 8 heteroatoms. The lowest BCUT2D eigenvalue weighted by molar-refractivity contribution is -0.131. The smallest absolute Gasteiger partial charge is 0.415 e. The van der Waals surface area contributed by atoms with Gasteiger partial charge < -0.3 is 19.6 Å². The molecule has 0 aliphatic heterocycles. The zero-order valence-electron chi connectivity index (χ0n) is 16.6. The summed E-state index contributed by atoms with van der Waals surface area (Å²) in [6.07, 6.45) is 0.676. The molecular formula is C20H26N2O6. The zero-order valence-corrected chi connectivity index (χ0v) is 16.6. The van der Waals surface area contributed by atoms with Crippen LogP contribution in [0.15, 0.2) is 33.5 Å². The van der Waals surface area contributed by atoms with Crippen molar-refractivity contribution in [1.29, 1.82) is 0 Å². The Kier molecular flexibility index (Phi) is 6.80. The molecule has 0 radical (unpaired) electrons. The van der Waals surface area contributed by atoms with Crippen LogP contribution in [0.5, 0.6) is 5.75 Å². The van der Waals surface area contributed by atoms with Crippen LogP contribution in [0.2, 0.25) is 0 Å². The molecule has 0 spiro atoms. The van der Waals surface area contributed by atoms with Crippen LogP contribution in [0.1, 0.15) is 40.5 Å². The third kappa shape index (κ3) is 5.82. The van der Waals surface area contributed by atoms with Gasteiger partial charge in [0.05, 0.1) is 0 Å². The van der Waals surface area contributed by atoms with E-state index < -0.39 is 23.3 Å². The molecule has 1 aromatic carbocycles. The molecule has 1 amide bonds. The van der Waals surface area contributed by atoms with Crippen LogP contribution in [0.25, 0.3) is 11.0 Å². The molecule has 0 saturated heterocycles. The largest absolute Gasteiger partial charge is 0.443 e. The quantitative estimate of drug-likeness (QED) is 0.349. The van der Waals surface area contributed by atoms with Crippen molar-refractivity contribution in [2.45, 2.75) is 46.1 Å². The van der Waals surface area contributed by atoms with Crippen LogP contribution in [0, 0.1) is 0 Å². The number of nitrogens with zero attached hydrogens (tertiary/aromatic N) is 1. The van der Waals surface area contributed by atoms with Gasteiger partial charge >= 0.3 is 17.7 Å². The first-order chi connectivity index (χ1) is 13.1. The molecule has 1 aromatic heterocycles. The Balaban J connectivity index is 2.43. The summed E-state index contributed by atoms with van der Waals surface area (Å²) in [7, 11) is 0. The number of anilines is 1. The highest BCUT2D eigenvalue weighted by Crippen LogP contribution is 2.24. The molecule has 2 rings (SSSR count). The summed E-state index contributed by atoms with van der Waals surface area (Å²) in [5, 5.41) is 0.581. The number of unbranched alkanes of at least 4 members (excludes halogenated alkanes) is 1. The maximum atomic E-state index is 12.7. The van der Waals surface area contributed by atoms with Crippen LogP contribution >= 0.6 is 0 Å². The van der Waals surface area contributed by atoms with Gasteiger partial charge in [0.15, 0.2) is 0 Å². The molecule has 2 N–H and O–H groups in total. The average Bonchev–Trinajstić information content (AvgIpc) is 2.56. The van der Waals surface area contributed by atoms with E-state index in [1.807, 2.05) is 0 Å². The van der Waals surface area contributed by atoms with Crippen molar-refractivity contribution in [3.8, 4) is 5.75 Å². The van der Waals surface area contributed by atoms with Gasteiger partial charge in [-0.15, -0.1) is 0 Å². The summed E-state index contributed by atoms with van der Waals surface area (Å²) < 4.78 is 15.8. The van der Waals surface area contributed by atoms with Gasteiger partial charge in [0.25, 0.3) is 0 Å². The van der Waals surface area contributed by atoms with Gasteiger partial charge in [0.1, 0.15) is 22.6 Å². The van der Waals surface area contributed by atoms with Crippen LogP contribution in [-0.4, -0.2) is 30.8 Å². The number of hydrogen-bond acceptors (Lipinski definition) is 7. The molecule has 0 unspecified atom stereocenters. The SMILES string of the molecule is CC(=O)Oc1ccc2cc(N(CCCCN)C(=O)OC(C)(C)C)c(=O)oc2c1. The van der Waals surface area contributed by atoms with E-state index in [0.717, 1.165) is 0 Å². The van der Waals surface area contributed by atoms with E-state index in [0.29, 0.717) is 24.8 Å². The maximum absolute atomic E-state index is 12.7. The van der Waals surface area contributed by atoms with Gasteiger partial charge in [-0.3, -0.25) is 9.69 Å². The fourth-order valence-electron chi connectivity index (χ4n) is 2.54. The molecule has 8 nitrogen and oxygen atoms in total. The predicted octanol–water partition coefficient (Wildman–Crippen LogP) is 3.20. The van der Waals surface area contributed by atoms with Crippen LogP contribution in [-0.2, 0) is 9.53 Å². The second-order valence-electron chi connectivity index (χ2n) is 7.34. The minimum atomic E-state index is -0.709. The van der Waals surface area contributed by atoms with E-state index in [9.17, 15) is 14.4 Å². The van der Waals surface area contributed by atoms with E-state index in [1.165, 1.54) is 17.9 Å². The van der Waals surface area contributed by atoms with Crippen molar-refractivity contribution < 1.29 is 23.5 Å². The van der Waals surface area contributed by atoms with Crippen molar-refractivity contribution in [2.75, 3.05) is 18.0 Å². The third-order valence-corrected chi connectivity index (χ3v) is 3.69. The molecule has 28 heavy (non-hydrogen) atoms. The van der Waals surface area contributed by atoms with Gasteiger partial charge in [-0.1, -0.05) is 0 Å². The van der Waals surface area contributed by atoms with E-state index in [1.54, 1.807) is 39.0 Å². The summed E-state index contributed by atoms with van der Waals surface area (Å²) in [6, 6.07) is 6.24. The van der Waals surface area contributed by atoms with E-state index >= 15 is 0 Å². The number of ether oxygens (including phenoxy) is 2. The second-order valence-corrected chi connectivity index (χ2v) is 7.34. The third-order valence-electron chi connectivity index (χ3n) is 3.69. The van der Waals surface area contributed by atoms with E-state index in [2.05, 4.69) is 0 Å². The van der Waals surface area contributed by atoms with Crippen LogP contribution in [0.3, 0.4) is 0 Å². The molecular weight excluding hydrogens is 364 g/mol. The molecule has 1 heterocycles. The first-order valence-electron chi connectivity index (χ1n) is 9.07. The molecule has 0 atom stereocenters. The highest BCUT2D eigenvalue weighted by molar-refractivity contribution is 5.91. The maximum Gasteiger partial charge on any atom is 0.415 e. The van der Waals surface area contributed by atoms with Crippen molar-refractivity contribution in [3.63, 3.8) is 0 Å². The number of esters is 1. The van der Waals surface area contributed by atoms with Gasteiger partial charge in [-0.2, -0.15) is 0 Å². The van der Waals surface area contributed by atoms with Crippen LogP contribution in [0.4, 0.5) is 10.5 Å². The average molecular weight is 390 g/mol. The molecule has 0 aliphatic carbocycles. The molecule has 0 bridgehead atoms. The highest BCUT2D eigenvalue weighted by atomic mass is 16.6. The summed E-state index contributed by atoms with van der Waals surface area (Å²) in [6.45, 7) is 7.29. The number of amides is 1. The van der Waals surface area contributed by atoms with E-state index in [-0.39, 0.29) is 23.6 Å². The van der Waals surface area contributed by atoms with Gasteiger partial charge in [0, 0.05) is 24.9 Å². The Labute approximate surface area is 163 Å². The number of hydrogen-bond donors (Lipinski definition) is 1. The molecule has 0 saturated carbocycles. The Hall–Kier alpha value is -2.87. The Morgan fingerprint density at radius 3 is 2.50 bits per heavy atom. The first kappa shape index (κ1) is 21.4. The Morgan fingerprint density at radius 1 is 1.18 bits per heavy atom. The molecule has 0 fully saturated rings. The summed E-state index contributed by atoms with van der Waals surface area (Å²) in [5.41, 5.74) is 4.47. The molecule has 2 aromatic rings. The minimum absolute atomic E-state index is 0.0824. The molecule has 0 aliphatic rings. The van der Waals surface area contributed by atoms with Crippen LogP contribution < -0.4 is 21.0 Å². The summed E-state index contributed by atoms with van der Waals surface area (Å²) >= 11 is 0. The van der Waals surface area contributed by atoms with Gasteiger partial charge in [-0.05, 0) is 58.4 Å². The number of carbonyl (C=O) groups excluding carboxylic acids is 2. The van der Waals surface area contributed by atoms with E-state index in [4.69, 9.17) is 19.6 Å².